The largest absolute Gasteiger partial charge is 0.510 e. The van der Waals surface area contributed by atoms with Gasteiger partial charge in [0.15, 0.2) is 6.37 Å². The summed E-state index contributed by atoms with van der Waals surface area (Å²) in [5, 5.41) is 1.69. The van der Waals surface area contributed by atoms with Gasteiger partial charge in [-0.3, -0.25) is 0 Å². The normalized spacial score (nSPS) is 12.9. The third-order valence-electron chi connectivity index (χ3n) is 6.00. The molecule has 0 N–H and O–H groups in total. The van der Waals surface area contributed by atoms with Crippen molar-refractivity contribution in [2.24, 2.45) is 0 Å². The van der Waals surface area contributed by atoms with Crippen LogP contribution in [0.5, 0.6) is 0 Å². The summed E-state index contributed by atoms with van der Waals surface area (Å²) in [6.45, 7) is 21.8. The van der Waals surface area contributed by atoms with Crippen LogP contribution in [0.25, 0.3) is 0 Å². The second kappa shape index (κ2) is 25.6. The molecule has 0 atom stereocenters. The zero-order valence-corrected chi connectivity index (χ0v) is 31.5. The fourth-order valence-corrected chi connectivity index (χ4v) is 31.2. The Bertz CT molecular complexity index is 462. The van der Waals surface area contributed by atoms with Gasteiger partial charge in [0.25, 0.3) is 0 Å². The number of unbranched alkanes of at least 4 members (excludes halogenated alkanes) is 2. The van der Waals surface area contributed by atoms with E-state index < -0.39 is 24.0 Å². The summed E-state index contributed by atoms with van der Waals surface area (Å²) >= 11 is 4.33. The molecule has 236 valence electrons. The molecule has 0 aromatic rings. The van der Waals surface area contributed by atoms with Gasteiger partial charge in [0.2, 0.25) is 0 Å². The van der Waals surface area contributed by atoms with Crippen molar-refractivity contribution in [3.8, 4) is 0 Å². The molecule has 0 bridgehead atoms. The third-order valence-corrected chi connectivity index (χ3v) is 27.5. The van der Waals surface area contributed by atoms with Crippen molar-refractivity contribution >= 4 is 46.4 Å². The van der Waals surface area contributed by atoms with Gasteiger partial charge >= 0.3 is 17.6 Å². The van der Waals surface area contributed by atoms with Crippen molar-refractivity contribution in [3.63, 3.8) is 0 Å². The van der Waals surface area contributed by atoms with Crippen molar-refractivity contribution in [2.75, 3.05) is 50.4 Å². The van der Waals surface area contributed by atoms with E-state index >= 15 is 0 Å². The summed E-state index contributed by atoms with van der Waals surface area (Å²) in [4.78, 5) is 0. The smallest absolute Gasteiger partial charge is 0.373 e. The number of hydrogen-bond donors (Lipinski definition) is 0. The average molecular weight is 645 g/mol. The molecule has 6 nitrogen and oxygen atoms in total. The molecule has 0 spiro atoms. The first kappa shape index (κ1) is 40.1. The Hall–Kier alpha value is 1.11. The highest BCUT2D eigenvalue weighted by Crippen LogP contribution is 2.45. The maximum absolute atomic E-state index is 6.51. The molecule has 0 heterocycles. The van der Waals surface area contributed by atoms with E-state index in [0.29, 0.717) is 39.6 Å². The predicted octanol–water partition coefficient (Wildman–Crippen LogP) is 9.01. The van der Waals surface area contributed by atoms with Crippen LogP contribution in [0.1, 0.15) is 120 Å². The Balaban J connectivity index is 6.20. The summed E-state index contributed by atoms with van der Waals surface area (Å²) in [5.74, 6) is 0. The number of hydrogen-bond acceptors (Lipinski definition) is 8. The Morgan fingerprint density at radius 3 is 0.846 bits per heavy atom. The highest BCUT2D eigenvalue weighted by molar-refractivity contribution is 8.58. The maximum atomic E-state index is 6.51. The van der Waals surface area contributed by atoms with Crippen LogP contribution in [0.15, 0.2) is 0 Å². The quantitative estimate of drug-likeness (QED) is 0.0718. The van der Waals surface area contributed by atoms with Gasteiger partial charge in [-0.25, -0.2) is 0 Å². The molecule has 0 aliphatic heterocycles. The molecule has 0 aliphatic rings. The molecule has 11 heteroatoms. The van der Waals surface area contributed by atoms with E-state index in [-0.39, 0.29) is 0 Å². The molecule has 0 rings (SSSR count). The standard InChI is InChI=1S/C28H64O6S2Si3/c1-9-17-25-37(26-18-10-2,35-27-38(29-19-11-3,30-20-12-4)31-21-13-5)36-28-39(32-22-14-6,33-23-15-7)34-24-16-8/h9-28H2,1-8H3. The summed E-state index contributed by atoms with van der Waals surface area (Å²) in [7, 11) is -5.57. The van der Waals surface area contributed by atoms with Crippen molar-refractivity contribution in [2.45, 2.75) is 132 Å². The topological polar surface area (TPSA) is 55.4 Å². The van der Waals surface area contributed by atoms with Gasteiger partial charge in [-0.1, -0.05) is 81.1 Å². The summed E-state index contributed by atoms with van der Waals surface area (Å²) in [6, 6.07) is 2.55. The second-order valence-electron chi connectivity index (χ2n) is 10.2. The minimum atomic E-state index is -2.78. The van der Waals surface area contributed by atoms with Crippen LogP contribution >= 0.6 is 22.4 Å². The lowest BCUT2D eigenvalue weighted by Crippen LogP contribution is -2.52. The van der Waals surface area contributed by atoms with Gasteiger partial charge in [-0.2, -0.15) is 22.4 Å². The molecule has 0 aromatic heterocycles. The minimum absolute atomic E-state index is 0.697. The van der Waals surface area contributed by atoms with Gasteiger partial charge in [-0.05, 0) is 50.6 Å². The third kappa shape index (κ3) is 17.7. The molecule has 0 unspecified atom stereocenters. The first-order chi connectivity index (χ1) is 18.9. The number of rotatable bonds is 30. The lowest BCUT2D eigenvalue weighted by atomic mass is 10.4. The lowest BCUT2D eigenvalue weighted by molar-refractivity contribution is 0.0643. The van der Waals surface area contributed by atoms with E-state index in [1.165, 1.54) is 37.8 Å². The highest BCUT2D eigenvalue weighted by Gasteiger charge is 2.49. The van der Waals surface area contributed by atoms with Gasteiger partial charge in [0, 0.05) is 39.6 Å². The zero-order chi connectivity index (χ0) is 29.3. The van der Waals surface area contributed by atoms with Crippen molar-refractivity contribution in [1.29, 1.82) is 0 Å². The lowest BCUT2D eigenvalue weighted by Gasteiger charge is -2.37. The highest BCUT2D eigenvalue weighted by atomic mass is 32.6. The molecule has 0 radical (unpaired) electrons. The van der Waals surface area contributed by atoms with Crippen LogP contribution in [-0.2, 0) is 26.6 Å². The van der Waals surface area contributed by atoms with E-state index in [1.807, 2.05) is 0 Å². The zero-order valence-electron chi connectivity index (χ0n) is 26.9. The molecular formula is C28H64O6S2Si3. The second-order valence-corrected chi connectivity index (χ2v) is 27.5. The van der Waals surface area contributed by atoms with E-state index in [0.717, 1.165) is 49.3 Å². The van der Waals surface area contributed by atoms with E-state index in [1.54, 1.807) is 0 Å². The molecule has 39 heavy (non-hydrogen) atoms. The van der Waals surface area contributed by atoms with E-state index in [9.17, 15) is 0 Å². The molecule has 0 amide bonds. The first-order valence-corrected chi connectivity index (χ1v) is 25.7. The van der Waals surface area contributed by atoms with Crippen LogP contribution in [-0.4, -0.2) is 74.4 Å². The summed E-state index contributed by atoms with van der Waals surface area (Å²) in [6.07, 6.45) is 8.89. The Morgan fingerprint density at radius 1 is 0.385 bits per heavy atom. The fraction of sp³-hybridized carbons (Fsp3) is 1.00. The monoisotopic (exact) mass is 644 g/mol. The first-order valence-electron chi connectivity index (χ1n) is 16.0. The van der Waals surface area contributed by atoms with Crippen LogP contribution in [0.2, 0.25) is 12.1 Å². The molecular weight excluding hydrogens is 581 g/mol. The molecule has 0 aromatic carbocycles. The van der Waals surface area contributed by atoms with Crippen LogP contribution < -0.4 is 0 Å². The summed E-state index contributed by atoms with van der Waals surface area (Å²) < 4.78 is 39.1. The maximum Gasteiger partial charge on any atom is 0.510 e. The van der Waals surface area contributed by atoms with Gasteiger partial charge < -0.3 is 26.6 Å². The van der Waals surface area contributed by atoms with Crippen LogP contribution in [0.3, 0.4) is 0 Å². The van der Waals surface area contributed by atoms with Crippen molar-refractivity contribution < 1.29 is 26.6 Å². The Morgan fingerprint density at radius 2 is 0.641 bits per heavy atom. The van der Waals surface area contributed by atoms with Gasteiger partial charge in [-0.15, -0.1) is 0 Å². The predicted molar refractivity (Wildman–Crippen MR) is 179 cm³/mol. The van der Waals surface area contributed by atoms with Gasteiger partial charge in [0.05, 0.1) is 10.8 Å². The van der Waals surface area contributed by atoms with Crippen LogP contribution in [0, 0.1) is 0 Å². The van der Waals surface area contributed by atoms with Crippen molar-refractivity contribution in [1.82, 2.24) is 0 Å². The fourth-order valence-electron chi connectivity index (χ4n) is 3.83. The van der Waals surface area contributed by atoms with E-state index in [2.05, 4.69) is 77.8 Å². The van der Waals surface area contributed by atoms with Crippen LogP contribution in [0.4, 0.5) is 0 Å². The molecule has 0 saturated heterocycles. The average Bonchev–Trinajstić information content (AvgIpc) is 2.97. The summed E-state index contributed by atoms with van der Waals surface area (Å²) in [5.41, 5.74) is 0. The molecule has 0 saturated carbocycles. The SMILES string of the molecule is CCCC[Si](CCCC)(SC[Si](OCCC)(OCCC)OCCC)SC[Si](OCCC)(OCCC)OCCC. The van der Waals surface area contributed by atoms with Crippen molar-refractivity contribution in [3.05, 3.63) is 0 Å². The Kier molecular flexibility index (Phi) is 26.3. The van der Waals surface area contributed by atoms with Gasteiger partial charge in [0.1, 0.15) is 0 Å². The Labute approximate surface area is 254 Å². The molecule has 0 aliphatic carbocycles. The molecule has 0 fully saturated rings. The van der Waals surface area contributed by atoms with E-state index in [4.69, 9.17) is 26.6 Å². The minimum Gasteiger partial charge on any atom is -0.373 e.